The standard InChI is InChI=1S/C15H23NO2/c1-4-18-14(17)13-10-6-5-8-12(13)9-7-11-15(2,3)16/h5-6,8,10H,4,7,9,11,16H2,1-3H3. The molecule has 0 spiro atoms. The van der Waals surface area contributed by atoms with Crippen LogP contribution in [-0.4, -0.2) is 18.1 Å². The van der Waals surface area contributed by atoms with Gasteiger partial charge in [-0.15, -0.1) is 0 Å². The van der Waals surface area contributed by atoms with Crippen molar-refractivity contribution in [2.75, 3.05) is 6.61 Å². The molecule has 100 valence electrons. The molecule has 3 heteroatoms. The Hall–Kier alpha value is -1.35. The molecule has 0 amide bonds. The summed E-state index contributed by atoms with van der Waals surface area (Å²) in [6.45, 7) is 6.26. The third kappa shape index (κ3) is 4.88. The molecule has 0 saturated heterocycles. The monoisotopic (exact) mass is 249 g/mol. The van der Waals surface area contributed by atoms with Crippen molar-refractivity contribution in [1.82, 2.24) is 0 Å². The molecule has 0 heterocycles. The second-order valence-electron chi connectivity index (χ2n) is 5.22. The van der Waals surface area contributed by atoms with Crippen LogP contribution in [0.15, 0.2) is 24.3 Å². The van der Waals surface area contributed by atoms with E-state index in [4.69, 9.17) is 10.5 Å². The molecule has 0 aromatic heterocycles. The minimum absolute atomic E-state index is 0.154. The Labute approximate surface area is 109 Å². The van der Waals surface area contributed by atoms with Crippen LogP contribution in [0.25, 0.3) is 0 Å². The molecule has 18 heavy (non-hydrogen) atoms. The Kier molecular flexibility index (Phi) is 5.35. The molecule has 0 radical (unpaired) electrons. The number of ether oxygens (including phenoxy) is 1. The predicted octanol–water partition coefficient (Wildman–Crippen LogP) is 2.92. The summed E-state index contributed by atoms with van der Waals surface area (Å²) in [5, 5.41) is 0. The molecule has 0 unspecified atom stereocenters. The lowest BCUT2D eigenvalue weighted by molar-refractivity contribution is 0.0525. The zero-order valence-electron chi connectivity index (χ0n) is 11.5. The SMILES string of the molecule is CCOC(=O)c1ccccc1CCCC(C)(C)N. The number of hydrogen-bond acceptors (Lipinski definition) is 3. The number of carbonyl (C=O) groups excluding carboxylic acids is 1. The summed E-state index contributed by atoms with van der Waals surface area (Å²) in [6, 6.07) is 7.62. The first-order valence-corrected chi connectivity index (χ1v) is 6.48. The van der Waals surface area contributed by atoms with Crippen LogP contribution in [-0.2, 0) is 11.2 Å². The Morgan fingerprint density at radius 1 is 1.33 bits per heavy atom. The van der Waals surface area contributed by atoms with E-state index in [2.05, 4.69) is 0 Å². The van der Waals surface area contributed by atoms with Crippen molar-refractivity contribution < 1.29 is 9.53 Å². The van der Waals surface area contributed by atoms with E-state index in [1.165, 1.54) is 0 Å². The summed E-state index contributed by atoms with van der Waals surface area (Å²) in [6.07, 6.45) is 2.76. The van der Waals surface area contributed by atoms with Gasteiger partial charge in [0.15, 0.2) is 0 Å². The predicted molar refractivity (Wildman–Crippen MR) is 73.6 cm³/mol. The summed E-state index contributed by atoms with van der Waals surface area (Å²) >= 11 is 0. The summed E-state index contributed by atoms with van der Waals surface area (Å²) in [5.74, 6) is -0.236. The molecular formula is C15H23NO2. The first kappa shape index (κ1) is 14.7. The van der Waals surface area contributed by atoms with Gasteiger partial charge in [0.05, 0.1) is 12.2 Å². The van der Waals surface area contributed by atoms with Gasteiger partial charge < -0.3 is 10.5 Å². The zero-order chi connectivity index (χ0) is 13.6. The highest BCUT2D eigenvalue weighted by molar-refractivity contribution is 5.91. The third-order valence-corrected chi connectivity index (χ3v) is 2.78. The van der Waals surface area contributed by atoms with E-state index < -0.39 is 0 Å². The van der Waals surface area contributed by atoms with Crippen molar-refractivity contribution in [3.8, 4) is 0 Å². The Morgan fingerprint density at radius 3 is 2.61 bits per heavy atom. The van der Waals surface area contributed by atoms with E-state index in [-0.39, 0.29) is 11.5 Å². The second kappa shape index (κ2) is 6.55. The second-order valence-corrected chi connectivity index (χ2v) is 5.22. The van der Waals surface area contributed by atoms with Crippen molar-refractivity contribution in [1.29, 1.82) is 0 Å². The van der Waals surface area contributed by atoms with Crippen molar-refractivity contribution >= 4 is 5.97 Å². The van der Waals surface area contributed by atoms with Crippen molar-refractivity contribution in [3.05, 3.63) is 35.4 Å². The highest BCUT2D eigenvalue weighted by Gasteiger charge is 2.13. The van der Waals surface area contributed by atoms with Gasteiger partial charge in [-0.05, 0) is 51.7 Å². The molecule has 0 fully saturated rings. The average Bonchev–Trinajstić information content (AvgIpc) is 2.28. The lowest BCUT2D eigenvalue weighted by atomic mass is 9.95. The number of esters is 1. The summed E-state index contributed by atoms with van der Waals surface area (Å²) in [5.41, 5.74) is 7.52. The highest BCUT2D eigenvalue weighted by atomic mass is 16.5. The van der Waals surface area contributed by atoms with Gasteiger partial charge in [0, 0.05) is 5.54 Å². The van der Waals surface area contributed by atoms with Crippen LogP contribution in [0.4, 0.5) is 0 Å². The van der Waals surface area contributed by atoms with Crippen LogP contribution in [0.1, 0.15) is 49.5 Å². The maximum absolute atomic E-state index is 11.8. The molecule has 1 rings (SSSR count). The first-order chi connectivity index (χ1) is 8.44. The lowest BCUT2D eigenvalue weighted by Crippen LogP contribution is -2.31. The molecule has 3 nitrogen and oxygen atoms in total. The topological polar surface area (TPSA) is 52.3 Å². The van der Waals surface area contributed by atoms with Crippen LogP contribution in [0.2, 0.25) is 0 Å². The number of nitrogens with two attached hydrogens (primary N) is 1. The van der Waals surface area contributed by atoms with Crippen LogP contribution in [0, 0.1) is 0 Å². The Bertz CT molecular complexity index is 394. The quantitative estimate of drug-likeness (QED) is 0.789. The molecule has 1 aromatic carbocycles. The number of rotatable bonds is 6. The number of benzene rings is 1. The molecule has 1 aromatic rings. The molecule has 0 bridgehead atoms. The van der Waals surface area contributed by atoms with Crippen molar-refractivity contribution in [2.24, 2.45) is 5.73 Å². The fourth-order valence-corrected chi connectivity index (χ4v) is 1.88. The molecule has 0 aliphatic heterocycles. The fourth-order valence-electron chi connectivity index (χ4n) is 1.88. The first-order valence-electron chi connectivity index (χ1n) is 6.48. The number of hydrogen-bond donors (Lipinski definition) is 1. The number of carbonyl (C=O) groups is 1. The minimum Gasteiger partial charge on any atom is -0.462 e. The Balaban J connectivity index is 2.68. The van der Waals surface area contributed by atoms with Gasteiger partial charge >= 0.3 is 5.97 Å². The van der Waals surface area contributed by atoms with E-state index >= 15 is 0 Å². The van der Waals surface area contributed by atoms with Crippen LogP contribution < -0.4 is 5.73 Å². The van der Waals surface area contributed by atoms with Gasteiger partial charge in [0.1, 0.15) is 0 Å². The zero-order valence-corrected chi connectivity index (χ0v) is 11.5. The highest BCUT2D eigenvalue weighted by Crippen LogP contribution is 2.16. The van der Waals surface area contributed by atoms with Gasteiger partial charge in [0.25, 0.3) is 0 Å². The third-order valence-electron chi connectivity index (χ3n) is 2.78. The van der Waals surface area contributed by atoms with E-state index in [1.807, 2.05) is 45.0 Å². The van der Waals surface area contributed by atoms with E-state index in [9.17, 15) is 4.79 Å². The molecule has 0 aliphatic rings. The van der Waals surface area contributed by atoms with Gasteiger partial charge in [-0.2, -0.15) is 0 Å². The van der Waals surface area contributed by atoms with Gasteiger partial charge in [0.2, 0.25) is 0 Å². The summed E-state index contributed by atoms with van der Waals surface area (Å²) < 4.78 is 5.05. The molecular weight excluding hydrogens is 226 g/mol. The van der Waals surface area contributed by atoms with E-state index in [0.29, 0.717) is 12.2 Å². The normalized spacial score (nSPS) is 11.3. The van der Waals surface area contributed by atoms with E-state index in [1.54, 1.807) is 0 Å². The average molecular weight is 249 g/mol. The number of aryl methyl sites for hydroxylation is 1. The maximum Gasteiger partial charge on any atom is 0.338 e. The van der Waals surface area contributed by atoms with Crippen molar-refractivity contribution in [3.63, 3.8) is 0 Å². The van der Waals surface area contributed by atoms with Gasteiger partial charge in [-0.3, -0.25) is 0 Å². The lowest BCUT2D eigenvalue weighted by Gasteiger charge is -2.18. The van der Waals surface area contributed by atoms with Gasteiger partial charge in [-0.1, -0.05) is 18.2 Å². The maximum atomic E-state index is 11.8. The molecule has 2 N–H and O–H groups in total. The summed E-state index contributed by atoms with van der Waals surface area (Å²) in [4.78, 5) is 11.8. The molecule has 0 aliphatic carbocycles. The molecule has 0 atom stereocenters. The fraction of sp³-hybridized carbons (Fsp3) is 0.533. The van der Waals surface area contributed by atoms with Gasteiger partial charge in [-0.25, -0.2) is 4.79 Å². The summed E-state index contributed by atoms with van der Waals surface area (Å²) in [7, 11) is 0. The van der Waals surface area contributed by atoms with Crippen LogP contribution in [0.3, 0.4) is 0 Å². The largest absolute Gasteiger partial charge is 0.462 e. The van der Waals surface area contributed by atoms with Crippen molar-refractivity contribution in [2.45, 2.75) is 45.6 Å². The smallest absolute Gasteiger partial charge is 0.338 e. The van der Waals surface area contributed by atoms with E-state index in [0.717, 1.165) is 24.8 Å². The van der Waals surface area contributed by atoms with Crippen LogP contribution >= 0.6 is 0 Å². The van der Waals surface area contributed by atoms with Crippen LogP contribution in [0.5, 0.6) is 0 Å². The minimum atomic E-state index is -0.236. The molecule has 0 saturated carbocycles. The Morgan fingerprint density at radius 2 is 2.00 bits per heavy atom.